The molecule has 0 spiro atoms. The number of nitrogens with zero attached hydrogens (tertiary/aromatic N) is 1. The Kier molecular flexibility index (Phi) is 4.83. The zero-order chi connectivity index (χ0) is 16.9. The van der Waals surface area contributed by atoms with Gasteiger partial charge in [0, 0.05) is 12.1 Å². The summed E-state index contributed by atoms with van der Waals surface area (Å²) < 4.78 is 6.42. The number of hydrogen-bond acceptors (Lipinski definition) is 4. The number of H-pyrrole nitrogens is 2. The van der Waals surface area contributed by atoms with Crippen LogP contribution in [0, 0.1) is 0 Å². The number of hydrogen-bond donors (Lipinski definition) is 3. The zero-order valence-corrected chi connectivity index (χ0v) is 13.2. The first-order chi connectivity index (χ1) is 11.6. The van der Waals surface area contributed by atoms with Gasteiger partial charge in [-0.25, -0.2) is 29.1 Å². The number of benzene rings is 1. The van der Waals surface area contributed by atoms with Gasteiger partial charge in [0.15, 0.2) is 0 Å². The Morgan fingerprint density at radius 1 is 1.08 bits per heavy atom. The van der Waals surface area contributed by atoms with Crippen LogP contribution in [-0.2, 0) is 11.3 Å². The second kappa shape index (κ2) is 7.20. The van der Waals surface area contributed by atoms with Crippen LogP contribution >= 0.6 is 0 Å². The maximum absolute atomic E-state index is 11.9. The minimum Gasteiger partial charge on any atom is -0.445 e. The summed E-state index contributed by atoms with van der Waals surface area (Å²) in [6, 6.07) is 9.34. The highest BCUT2D eigenvalue weighted by molar-refractivity contribution is 5.67. The van der Waals surface area contributed by atoms with Crippen molar-refractivity contribution in [2.24, 2.45) is 0 Å². The summed E-state index contributed by atoms with van der Waals surface area (Å²) >= 11 is 0. The summed E-state index contributed by atoms with van der Waals surface area (Å²) in [6.45, 7) is 0.232. The van der Waals surface area contributed by atoms with E-state index in [0.29, 0.717) is 25.7 Å². The number of aromatic nitrogens is 3. The summed E-state index contributed by atoms with van der Waals surface area (Å²) in [5.74, 6) is 0. The molecule has 0 bridgehead atoms. The van der Waals surface area contributed by atoms with Crippen LogP contribution in [0.15, 0.2) is 39.9 Å². The largest absolute Gasteiger partial charge is 0.445 e. The van der Waals surface area contributed by atoms with Gasteiger partial charge in [0.05, 0.1) is 0 Å². The van der Waals surface area contributed by atoms with Gasteiger partial charge in [-0.1, -0.05) is 30.3 Å². The van der Waals surface area contributed by atoms with E-state index >= 15 is 0 Å². The second-order valence-corrected chi connectivity index (χ2v) is 5.94. The molecular weight excluding hydrogens is 312 g/mol. The number of amides is 1. The molecule has 1 amide bonds. The predicted octanol–water partition coefficient (Wildman–Crippen LogP) is 1.27. The van der Waals surface area contributed by atoms with E-state index in [2.05, 4.69) is 15.5 Å². The van der Waals surface area contributed by atoms with E-state index in [1.54, 1.807) is 0 Å². The topological polar surface area (TPSA) is 109 Å². The van der Waals surface area contributed by atoms with E-state index in [1.807, 2.05) is 30.3 Å². The lowest BCUT2D eigenvalue weighted by molar-refractivity contribution is 0.131. The summed E-state index contributed by atoms with van der Waals surface area (Å²) in [4.78, 5) is 35.1. The number of ether oxygens (including phenoxy) is 1. The summed E-state index contributed by atoms with van der Waals surface area (Å²) in [6.07, 6.45) is 2.26. The normalized spacial score (nSPS) is 20.5. The highest BCUT2D eigenvalue weighted by Gasteiger charge is 2.26. The van der Waals surface area contributed by atoms with Gasteiger partial charge >= 0.3 is 17.5 Å². The summed E-state index contributed by atoms with van der Waals surface area (Å²) in [7, 11) is 0. The van der Waals surface area contributed by atoms with Crippen molar-refractivity contribution in [3.8, 4) is 0 Å². The highest BCUT2D eigenvalue weighted by Crippen LogP contribution is 2.26. The van der Waals surface area contributed by atoms with E-state index in [1.165, 1.54) is 4.57 Å². The van der Waals surface area contributed by atoms with Gasteiger partial charge in [-0.15, -0.1) is 0 Å². The third-order valence-corrected chi connectivity index (χ3v) is 4.31. The molecule has 8 heteroatoms. The Bertz CT molecular complexity index is 757. The van der Waals surface area contributed by atoms with Crippen LogP contribution in [0.1, 0.15) is 37.3 Å². The van der Waals surface area contributed by atoms with E-state index in [9.17, 15) is 14.4 Å². The van der Waals surface area contributed by atoms with E-state index in [-0.39, 0.29) is 18.7 Å². The third kappa shape index (κ3) is 3.76. The fraction of sp³-hybridized carbons (Fsp3) is 0.438. The molecule has 0 atom stereocenters. The van der Waals surface area contributed by atoms with Gasteiger partial charge in [-0.2, -0.15) is 0 Å². The molecule has 24 heavy (non-hydrogen) atoms. The van der Waals surface area contributed by atoms with Gasteiger partial charge in [0.2, 0.25) is 0 Å². The molecule has 0 radical (unpaired) electrons. The first kappa shape index (κ1) is 16.1. The van der Waals surface area contributed by atoms with E-state index in [0.717, 1.165) is 5.56 Å². The quantitative estimate of drug-likeness (QED) is 0.783. The molecule has 1 heterocycles. The molecule has 3 N–H and O–H groups in total. The van der Waals surface area contributed by atoms with Crippen LogP contribution in [0.2, 0.25) is 0 Å². The first-order valence-electron chi connectivity index (χ1n) is 8.00. The van der Waals surface area contributed by atoms with Crippen LogP contribution in [0.4, 0.5) is 4.79 Å². The maximum Gasteiger partial charge on any atom is 0.407 e. The predicted molar refractivity (Wildman–Crippen MR) is 86.7 cm³/mol. The Morgan fingerprint density at radius 3 is 2.33 bits per heavy atom. The lowest BCUT2D eigenvalue weighted by Crippen LogP contribution is -2.40. The molecule has 1 aromatic carbocycles. The minimum atomic E-state index is -0.445. The molecular formula is C16H20N4O4. The number of aromatic amines is 2. The van der Waals surface area contributed by atoms with Gasteiger partial charge < -0.3 is 10.1 Å². The fourth-order valence-electron chi connectivity index (χ4n) is 3.06. The number of carbonyl (C=O) groups is 1. The van der Waals surface area contributed by atoms with Crippen molar-refractivity contribution in [3.05, 3.63) is 56.9 Å². The second-order valence-electron chi connectivity index (χ2n) is 5.94. The van der Waals surface area contributed by atoms with Crippen molar-refractivity contribution in [1.82, 2.24) is 20.1 Å². The fourth-order valence-corrected chi connectivity index (χ4v) is 3.06. The van der Waals surface area contributed by atoms with Crippen molar-refractivity contribution in [2.75, 3.05) is 0 Å². The minimum absolute atomic E-state index is 0.00162. The average molecular weight is 332 g/mol. The first-order valence-corrected chi connectivity index (χ1v) is 8.00. The summed E-state index contributed by atoms with van der Waals surface area (Å²) in [5.41, 5.74) is 0.0970. The molecule has 1 aromatic heterocycles. The van der Waals surface area contributed by atoms with Gasteiger partial charge in [-0.3, -0.25) is 0 Å². The van der Waals surface area contributed by atoms with Crippen LogP contribution in [0.5, 0.6) is 0 Å². The summed E-state index contributed by atoms with van der Waals surface area (Å²) in [5, 5.41) is 7.42. The van der Waals surface area contributed by atoms with Crippen molar-refractivity contribution >= 4 is 6.09 Å². The molecule has 0 aliphatic heterocycles. The molecule has 8 nitrogen and oxygen atoms in total. The van der Waals surface area contributed by atoms with E-state index in [4.69, 9.17) is 4.74 Å². The molecule has 1 saturated carbocycles. The number of carbonyl (C=O) groups excluding carboxylic acids is 1. The molecule has 128 valence electrons. The molecule has 1 aliphatic rings. The highest BCUT2D eigenvalue weighted by atomic mass is 16.5. The molecule has 3 rings (SSSR count). The molecule has 2 aromatic rings. The van der Waals surface area contributed by atoms with Gasteiger partial charge in [0.25, 0.3) is 0 Å². The number of rotatable bonds is 4. The molecule has 0 saturated heterocycles. The Balaban J connectivity index is 1.46. The maximum atomic E-state index is 11.9. The van der Waals surface area contributed by atoms with Crippen molar-refractivity contribution < 1.29 is 9.53 Å². The van der Waals surface area contributed by atoms with Crippen LogP contribution in [0.25, 0.3) is 0 Å². The van der Waals surface area contributed by atoms with Gasteiger partial charge in [0.1, 0.15) is 6.61 Å². The molecule has 1 aliphatic carbocycles. The zero-order valence-electron chi connectivity index (χ0n) is 13.2. The average Bonchev–Trinajstić information content (AvgIpc) is 2.93. The van der Waals surface area contributed by atoms with Crippen molar-refractivity contribution in [2.45, 2.75) is 44.4 Å². The lowest BCUT2D eigenvalue weighted by Gasteiger charge is -2.28. The third-order valence-electron chi connectivity index (χ3n) is 4.31. The standard InChI is InChI=1S/C16H20N4O4/c21-14-18-19-15(22)20(14)13-8-6-12(7-9-13)17-16(23)24-10-11-4-2-1-3-5-11/h1-5,12-13H,6-10H2,(H,17,23)(H,18,21)(H,19,22). The number of nitrogens with one attached hydrogen (secondary N) is 3. The molecule has 0 unspecified atom stereocenters. The Hall–Kier alpha value is -2.77. The van der Waals surface area contributed by atoms with E-state index < -0.39 is 17.5 Å². The van der Waals surface area contributed by atoms with Crippen molar-refractivity contribution in [1.29, 1.82) is 0 Å². The van der Waals surface area contributed by atoms with Gasteiger partial charge in [-0.05, 0) is 31.2 Å². The van der Waals surface area contributed by atoms with Crippen LogP contribution in [0.3, 0.4) is 0 Å². The molecule has 1 fully saturated rings. The van der Waals surface area contributed by atoms with Crippen LogP contribution in [-0.4, -0.2) is 26.9 Å². The van der Waals surface area contributed by atoms with Crippen molar-refractivity contribution in [3.63, 3.8) is 0 Å². The Labute approximate surface area is 137 Å². The lowest BCUT2D eigenvalue weighted by atomic mass is 9.91. The smallest absolute Gasteiger partial charge is 0.407 e. The Morgan fingerprint density at radius 2 is 1.71 bits per heavy atom. The SMILES string of the molecule is O=C(NC1CCC(n2c(=O)[nH][nH]c2=O)CC1)OCc1ccccc1. The van der Waals surface area contributed by atoms with Crippen LogP contribution < -0.4 is 16.7 Å². The number of alkyl carbamates (subject to hydrolysis) is 1. The monoisotopic (exact) mass is 332 g/mol.